The highest BCUT2D eigenvalue weighted by atomic mass is 16.6. The standard InChI is InChI=1S/C19H21N3O3/c23-18(13-3-4-15(21-11-13)22-9-8-20-12-22)25-17-14-5-10-24-16(14)19(17)6-1-2-7-19/h3-4,8-9,11-12,14,16-17H,1-2,5-7,10H2. The van der Waals surface area contributed by atoms with E-state index in [0.717, 1.165) is 31.7 Å². The summed E-state index contributed by atoms with van der Waals surface area (Å²) in [4.78, 5) is 21.0. The van der Waals surface area contributed by atoms with E-state index in [1.54, 1.807) is 29.4 Å². The number of esters is 1. The van der Waals surface area contributed by atoms with Crippen LogP contribution in [0.3, 0.4) is 0 Å². The lowest BCUT2D eigenvalue weighted by molar-refractivity contribution is -0.198. The maximum atomic E-state index is 12.7. The van der Waals surface area contributed by atoms with Gasteiger partial charge < -0.3 is 9.47 Å². The van der Waals surface area contributed by atoms with Crippen LogP contribution in [-0.4, -0.2) is 39.3 Å². The largest absolute Gasteiger partial charge is 0.458 e. The van der Waals surface area contributed by atoms with Gasteiger partial charge in [0.05, 0.1) is 11.7 Å². The van der Waals surface area contributed by atoms with Crippen molar-refractivity contribution >= 4 is 5.97 Å². The first-order valence-electron chi connectivity index (χ1n) is 9.05. The van der Waals surface area contributed by atoms with E-state index < -0.39 is 0 Å². The Morgan fingerprint density at radius 1 is 1.32 bits per heavy atom. The van der Waals surface area contributed by atoms with Crippen molar-refractivity contribution in [1.82, 2.24) is 14.5 Å². The van der Waals surface area contributed by atoms with Crippen LogP contribution in [0.25, 0.3) is 5.82 Å². The number of carbonyl (C=O) groups excluding carboxylic acids is 1. The van der Waals surface area contributed by atoms with Gasteiger partial charge in [0.1, 0.15) is 18.2 Å². The number of nitrogens with zero attached hydrogens (tertiary/aromatic N) is 3. The number of hydrogen-bond donors (Lipinski definition) is 0. The third-order valence-electron chi connectivity index (χ3n) is 6.18. The van der Waals surface area contributed by atoms with Gasteiger partial charge in [-0.15, -0.1) is 0 Å². The zero-order valence-corrected chi connectivity index (χ0v) is 14.0. The van der Waals surface area contributed by atoms with Gasteiger partial charge in [-0.25, -0.2) is 14.8 Å². The predicted octanol–water partition coefficient (Wildman–Crippen LogP) is 2.77. The summed E-state index contributed by atoms with van der Waals surface area (Å²) in [5.41, 5.74) is 0.570. The fraction of sp³-hybridized carbons (Fsp3) is 0.526. The first kappa shape index (κ1) is 15.1. The van der Waals surface area contributed by atoms with E-state index in [2.05, 4.69) is 9.97 Å². The van der Waals surface area contributed by atoms with Crippen LogP contribution in [0.1, 0.15) is 42.5 Å². The topological polar surface area (TPSA) is 66.2 Å². The normalized spacial score (nSPS) is 29.4. The van der Waals surface area contributed by atoms with Gasteiger partial charge in [0.15, 0.2) is 0 Å². The minimum Gasteiger partial charge on any atom is -0.458 e. The number of hydrogen-bond acceptors (Lipinski definition) is 5. The Bertz CT molecular complexity index is 766. The van der Waals surface area contributed by atoms with E-state index in [1.807, 2.05) is 12.3 Å². The summed E-state index contributed by atoms with van der Waals surface area (Å²) in [6.45, 7) is 0.798. The predicted molar refractivity (Wildman–Crippen MR) is 89.3 cm³/mol. The van der Waals surface area contributed by atoms with E-state index in [9.17, 15) is 4.79 Å². The Hall–Kier alpha value is -2.21. The Morgan fingerprint density at radius 3 is 2.92 bits per heavy atom. The van der Waals surface area contributed by atoms with E-state index in [1.165, 1.54) is 12.8 Å². The van der Waals surface area contributed by atoms with Crippen LogP contribution in [0.15, 0.2) is 37.1 Å². The summed E-state index contributed by atoms with van der Waals surface area (Å²) in [7, 11) is 0. The summed E-state index contributed by atoms with van der Waals surface area (Å²) in [5.74, 6) is 0.834. The molecule has 2 aliphatic carbocycles. The van der Waals surface area contributed by atoms with E-state index in [-0.39, 0.29) is 17.5 Å². The molecule has 3 heterocycles. The molecule has 2 aromatic rings. The molecule has 6 nitrogen and oxygen atoms in total. The van der Waals surface area contributed by atoms with Crippen molar-refractivity contribution in [2.75, 3.05) is 6.61 Å². The molecule has 0 amide bonds. The van der Waals surface area contributed by atoms with Crippen LogP contribution in [0.5, 0.6) is 0 Å². The van der Waals surface area contributed by atoms with Gasteiger partial charge in [-0.3, -0.25) is 4.57 Å². The molecular weight excluding hydrogens is 318 g/mol. The fourth-order valence-corrected chi connectivity index (χ4v) is 5.02. The minimum absolute atomic E-state index is 0.00308. The number of ether oxygens (including phenoxy) is 2. The fourth-order valence-electron chi connectivity index (χ4n) is 5.02. The molecule has 2 saturated carbocycles. The van der Waals surface area contributed by atoms with Gasteiger partial charge in [0.2, 0.25) is 0 Å². The number of rotatable bonds is 3. The third kappa shape index (κ3) is 2.24. The SMILES string of the molecule is O=C(OC1C2CCOC2C12CCCC2)c1ccc(-n2ccnc2)nc1. The van der Waals surface area contributed by atoms with Crippen molar-refractivity contribution in [2.24, 2.45) is 11.3 Å². The summed E-state index contributed by atoms with van der Waals surface area (Å²) in [5, 5.41) is 0. The second-order valence-electron chi connectivity index (χ2n) is 7.39. The first-order chi connectivity index (χ1) is 12.3. The van der Waals surface area contributed by atoms with Gasteiger partial charge in [0, 0.05) is 36.5 Å². The van der Waals surface area contributed by atoms with Crippen molar-refractivity contribution < 1.29 is 14.3 Å². The molecule has 3 unspecified atom stereocenters. The van der Waals surface area contributed by atoms with Crippen LogP contribution in [0, 0.1) is 11.3 Å². The maximum absolute atomic E-state index is 12.7. The molecule has 1 aliphatic heterocycles. The molecule has 0 aromatic carbocycles. The van der Waals surface area contributed by atoms with Crippen molar-refractivity contribution in [2.45, 2.75) is 44.3 Å². The highest BCUT2D eigenvalue weighted by molar-refractivity contribution is 5.89. The number of imidazole rings is 1. The lowest BCUT2D eigenvalue weighted by Gasteiger charge is -2.55. The lowest BCUT2D eigenvalue weighted by atomic mass is 9.56. The van der Waals surface area contributed by atoms with Crippen LogP contribution in [-0.2, 0) is 9.47 Å². The summed E-state index contributed by atoms with van der Waals surface area (Å²) >= 11 is 0. The third-order valence-corrected chi connectivity index (χ3v) is 6.18. The molecular formula is C19H21N3O3. The van der Waals surface area contributed by atoms with Gasteiger partial charge >= 0.3 is 5.97 Å². The van der Waals surface area contributed by atoms with Gasteiger partial charge in [-0.2, -0.15) is 0 Å². The van der Waals surface area contributed by atoms with Gasteiger partial charge in [-0.05, 0) is 31.4 Å². The van der Waals surface area contributed by atoms with Crippen molar-refractivity contribution in [1.29, 1.82) is 0 Å². The number of fused-ring (bicyclic) bond motifs is 2. The average molecular weight is 339 g/mol. The molecule has 5 rings (SSSR count). The van der Waals surface area contributed by atoms with Crippen LogP contribution >= 0.6 is 0 Å². The molecule has 6 heteroatoms. The quantitative estimate of drug-likeness (QED) is 0.805. The zero-order valence-electron chi connectivity index (χ0n) is 14.0. The molecule has 1 spiro atoms. The maximum Gasteiger partial charge on any atom is 0.340 e. The molecule has 1 saturated heterocycles. The Labute approximate surface area is 146 Å². The van der Waals surface area contributed by atoms with Gasteiger partial charge in [0.25, 0.3) is 0 Å². The second kappa shape index (κ2) is 5.66. The minimum atomic E-state index is -0.272. The highest BCUT2D eigenvalue weighted by Crippen LogP contribution is 2.62. The smallest absolute Gasteiger partial charge is 0.340 e. The number of pyridine rings is 1. The molecule has 0 radical (unpaired) electrons. The molecule has 3 fully saturated rings. The molecule has 25 heavy (non-hydrogen) atoms. The van der Waals surface area contributed by atoms with E-state index in [0.29, 0.717) is 17.6 Å². The van der Waals surface area contributed by atoms with Crippen LogP contribution in [0.2, 0.25) is 0 Å². The number of aromatic nitrogens is 3. The van der Waals surface area contributed by atoms with E-state index >= 15 is 0 Å². The zero-order chi connectivity index (χ0) is 16.9. The lowest BCUT2D eigenvalue weighted by Crippen LogP contribution is -2.63. The molecule has 3 atom stereocenters. The van der Waals surface area contributed by atoms with Crippen molar-refractivity contribution in [3.63, 3.8) is 0 Å². The molecule has 0 bridgehead atoms. The molecule has 0 N–H and O–H groups in total. The summed E-state index contributed by atoms with van der Waals surface area (Å²) in [6.07, 6.45) is 12.7. The van der Waals surface area contributed by atoms with E-state index in [4.69, 9.17) is 9.47 Å². The Morgan fingerprint density at radius 2 is 2.20 bits per heavy atom. The summed E-state index contributed by atoms with van der Waals surface area (Å²) in [6, 6.07) is 3.58. The summed E-state index contributed by atoms with van der Waals surface area (Å²) < 4.78 is 13.7. The van der Waals surface area contributed by atoms with Crippen molar-refractivity contribution in [3.8, 4) is 5.82 Å². The second-order valence-corrected chi connectivity index (χ2v) is 7.39. The molecule has 3 aliphatic rings. The Balaban J connectivity index is 1.33. The Kier molecular flexibility index (Phi) is 3.41. The molecule has 130 valence electrons. The molecule has 2 aromatic heterocycles. The van der Waals surface area contributed by atoms with Crippen LogP contribution in [0.4, 0.5) is 0 Å². The van der Waals surface area contributed by atoms with Gasteiger partial charge in [-0.1, -0.05) is 12.8 Å². The van der Waals surface area contributed by atoms with Crippen molar-refractivity contribution in [3.05, 3.63) is 42.6 Å². The van der Waals surface area contributed by atoms with Crippen LogP contribution < -0.4 is 0 Å². The highest BCUT2D eigenvalue weighted by Gasteiger charge is 2.66. The number of carbonyl (C=O) groups is 1. The average Bonchev–Trinajstić information content (AvgIpc) is 3.40. The first-order valence-corrected chi connectivity index (χ1v) is 9.05. The monoisotopic (exact) mass is 339 g/mol.